The van der Waals surface area contributed by atoms with E-state index in [4.69, 9.17) is 0 Å². The Bertz CT molecular complexity index is 820. The lowest BCUT2D eigenvalue weighted by atomic mass is 10.1. The van der Waals surface area contributed by atoms with Gasteiger partial charge in [0.25, 0.3) is 0 Å². The summed E-state index contributed by atoms with van der Waals surface area (Å²) in [4.78, 5) is 30.5. The Morgan fingerprint density at radius 2 is 2.12 bits per heavy atom. The van der Waals surface area contributed by atoms with Crippen LogP contribution < -0.4 is 10.6 Å². The van der Waals surface area contributed by atoms with Crippen LogP contribution in [0.4, 0.5) is 0 Å². The van der Waals surface area contributed by atoms with Gasteiger partial charge in [-0.15, -0.1) is 0 Å². The summed E-state index contributed by atoms with van der Waals surface area (Å²) in [6, 6.07) is 8.78. The molecule has 130 valence electrons. The first kappa shape index (κ1) is 16.0. The van der Waals surface area contributed by atoms with Crippen LogP contribution in [0.15, 0.2) is 36.5 Å². The molecule has 2 fully saturated rings. The van der Waals surface area contributed by atoms with E-state index in [-0.39, 0.29) is 24.5 Å². The number of amides is 2. The number of para-hydroxylation sites is 1. The van der Waals surface area contributed by atoms with Crippen molar-refractivity contribution in [2.24, 2.45) is 0 Å². The molecule has 2 aliphatic rings. The third-order valence-electron chi connectivity index (χ3n) is 4.98. The third-order valence-corrected chi connectivity index (χ3v) is 4.98. The Hall–Kier alpha value is -2.51. The molecule has 0 spiro atoms. The van der Waals surface area contributed by atoms with E-state index in [1.54, 1.807) is 11.1 Å². The number of carbonyl (C=O) groups excluding carboxylic acids is 2. The number of aliphatic hydroxyl groups is 1. The van der Waals surface area contributed by atoms with Gasteiger partial charge in [-0.1, -0.05) is 24.3 Å². The fourth-order valence-electron chi connectivity index (χ4n) is 3.69. The van der Waals surface area contributed by atoms with Crippen molar-refractivity contribution >= 4 is 22.7 Å². The number of pyridine rings is 1. The normalized spacial score (nSPS) is 26.0. The van der Waals surface area contributed by atoms with Gasteiger partial charge in [-0.05, 0) is 18.1 Å². The van der Waals surface area contributed by atoms with Gasteiger partial charge in [-0.3, -0.25) is 14.6 Å². The number of aromatic nitrogens is 1. The zero-order valence-electron chi connectivity index (χ0n) is 13.7. The number of benzene rings is 1. The fourth-order valence-corrected chi connectivity index (χ4v) is 3.69. The van der Waals surface area contributed by atoms with Gasteiger partial charge in [-0.2, -0.15) is 0 Å². The summed E-state index contributed by atoms with van der Waals surface area (Å²) in [6.07, 6.45) is 2.35. The molecule has 7 heteroatoms. The van der Waals surface area contributed by atoms with Gasteiger partial charge in [-0.25, -0.2) is 0 Å². The Balaban J connectivity index is 1.46. The second-order valence-corrected chi connectivity index (χ2v) is 6.56. The van der Waals surface area contributed by atoms with Crippen molar-refractivity contribution in [3.63, 3.8) is 0 Å². The Morgan fingerprint density at radius 1 is 1.28 bits per heavy atom. The molecule has 1 aromatic carbocycles. The summed E-state index contributed by atoms with van der Waals surface area (Å²) >= 11 is 0. The van der Waals surface area contributed by atoms with E-state index in [1.165, 1.54) is 0 Å². The van der Waals surface area contributed by atoms with Gasteiger partial charge >= 0.3 is 0 Å². The monoisotopic (exact) mass is 340 g/mol. The maximum absolute atomic E-state index is 12.3. The molecule has 2 saturated heterocycles. The largest absolute Gasteiger partial charge is 0.394 e. The van der Waals surface area contributed by atoms with E-state index in [0.717, 1.165) is 16.5 Å². The summed E-state index contributed by atoms with van der Waals surface area (Å²) < 4.78 is 0. The van der Waals surface area contributed by atoms with Gasteiger partial charge in [0.15, 0.2) is 0 Å². The number of piperazine rings is 1. The highest BCUT2D eigenvalue weighted by Crippen LogP contribution is 2.23. The number of carbonyl (C=O) groups is 2. The SMILES string of the molecule is O=C1N[C@@H](CO)C(=O)N2C[C@@H](NCc3cccc4cccnc34)C[C@@H]12. The van der Waals surface area contributed by atoms with E-state index in [2.05, 4.69) is 15.6 Å². The standard InChI is InChI=1S/C18H20N4O3/c23-10-14-18(25)22-9-13(7-15(22)17(24)21-14)20-8-12-4-1-3-11-5-2-6-19-16(11)12/h1-6,13-15,20,23H,7-10H2,(H,21,24)/t13-,14-,15-/m0/s1. The lowest BCUT2D eigenvalue weighted by Crippen LogP contribution is -2.62. The average Bonchev–Trinajstić information content (AvgIpc) is 3.08. The van der Waals surface area contributed by atoms with Gasteiger partial charge in [0.2, 0.25) is 11.8 Å². The van der Waals surface area contributed by atoms with Crippen LogP contribution in [-0.4, -0.2) is 58.1 Å². The van der Waals surface area contributed by atoms with Crippen LogP contribution in [0.2, 0.25) is 0 Å². The first-order chi connectivity index (χ1) is 12.2. The molecule has 3 heterocycles. The van der Waals surface area contributed by atoms with Crippen molar-refractivity contribution in [3.05, 3.63) is 42.1 Å². The first-order valence-corrected chi connectivity index (χ1v) is 8.45. The predicted octanol–water partition coefficient (Wildman–Crippen LogP) is -0.215. The van der Waals surface area contributed by atoms with Crippen molar-refractivity contribution in [3.8, 4) is 0 Å². The Labute approximate surface area is 145 Å². The van der Waals surface area contributed by atoms with Crippen LogP contribution >= 0.6 is 0 Å². The third kappa shape index (κ3) is 2.85. The fraction of sp³-hybridized carbons (Fsp3) is 0.389. The van der Waals surface area contributed by atoms with Crippen LogP contribution in [0.1, 0.15) is 12.0 Å². The second-order valence-electron chi connectivity index (χ2n) is 6.56. The molecule has 3 atom stereocenters. The van der Waals surface area contributed by atoms with Crippen LogP contribution in [-0.2, 0) is 16.1 Å². The van der Waals surface area contributed by atoms with Crippen molar-refractivity contribution in [1.29, 1.82) is 0 Å². The van der Waals surface area contributed by atoms with Gasteiger partial charge in [0, 0.05) is 30.7 Å². The molecule has 0 aliphatic carbocycles. The Kier molecular flexibility index (Phi) is 4.10. The molecule has 0 saturated carbocycles. The molecule has 1 aromatic heterocycles. The molecular weight excluding hydrogens is 320 g/mol. The summed E-state index contributed by atoms with van der Waals surface area (Å²) in [5, 5.41) is 16.4. The number of nitrogens with one attached hydrogen (secondary N) is 2. The summed E-state index contributed by atoms with van der Waals surface area (Å²) in [7, 11) is 0. The van der Waals surface area contributed by atoms with Crippen molar-refractivity contribution in [2.75, 3.05) is 13.2 Å². The molecule has 2 aliphatic heterocycles. The summed E-state index contributed by atoms with van der Waals surface area (Å²) in [5.74, 6) is -0.391. The van der Waals surface area contributed by atoms with Crippen LogP contribution in [0, 0.1) is 0 Å². The topological polar surface area (TPSA) is 94.6 Å². The van der Waals surface area contributed by atoms with E-state index >= 15 is 0 Å². The highest BCUT2D eigenvalue weighted by atomic mass is 16.3. The summed E-state index contributed by atoms with van der Waals surface area (Å²) in [5.41, 5.74) is 2.05. The molecule has 3 N–H and O–H groups in total. The zero-order valence-corrected chi connectivity index (χ0v) is 13.7. The van der Waals surface area contributed by atoms with E-state index in [1.807, 2.05) is 30.3 Å². The summed E-state index contributed by atoms with van der Waals surface area (Å²) in [6.45, 7) is 0.734. The number of hydrogen-bond donors (Lipinski definition) is 3. The van der Waals surface area contributed by atoms with E-state index in [9.17, 15) is 14.7 Å². The smallest absolute Gasteiger partial charge is 0.248 e. The molecule has 0 bridgehead atoms. The van der Waals surface area contributed by atoms with E-state index in [0.29, 0.717) is 19.5 Å². The number of rotatable bonds is 4. The van der Waals surface area contributed by atoms with E-state index < -0.39 is 12.1 Å². The molecule has 2 aromatic rings. The number of nitrogens with zero attached hydrogens (tertiary/aromatic N) is 2. The minimum atomic E-state index is -0.815. The molecule has 0 radical (unpaired) electrons. The molecular formula is C18H20N4O3. The van der Waals surface area contributed by atoms with Crippen LogP contribution in [0.3, 0.4) is 0 Å². The first-order valence-electron chi connectivity index (χ1n) is 8.45. The maximum Gasteiger partial charge on any atom is 0.248 e. The van der Waals surface area contributed by atoms with Gasteiger partial charge in [0.05, 0.1) is 12.1 Å². The van der Waals surface area contributed by atoms with Crippen molar-refractivity contribution in [1.82, 2.24) is 20.5 Å². The molecule has 2 amide bonds. The van der Waals surface area contributed by atoms with Crippen LogP contribution in [0.5, 0.6) is 0 Å². The molecule has 0 unspecified atom stereocenters. The quantitative estimate of drug-likeness (QED) is 0.716. The average molecular weight is 340 g/mol. The van der Waals surface area contributed by atoms with Crippen molar-refractivity contribution in [2.45, 2.75) is 31.1 Å². The minimum absolute atomic E-state index is 0.0381. The van der Waals surface area contributed by atoms with Gasteiger partial charge < -0.3 is 20.6 Å². The highest BCUT2D eigenvalue weighted by Gasteiger charge is 2.46. The lowest BCUT2D eigenvalue weighted by molar-refractivity contribution is -0.148. The lowest BCUT2D eigenvalue weighted by Gasteiger charge is -2.33. The van der Waals surface area contributed by atoms with Crippen molar-refractivity contribution < 1.29 is 14.7 Å². The molecule has 4 rings (SSSR count). The number of hydrogen-bond acceptors (Lipinski definition) is 5. The highest BCUT2D eigenvalue weighted by molar-refractivity contribution is 5.97. The Morgan fingerprint density at radius 3 is 2.96 bits per heavy atom. The number of fused-ring (bicyclic) bond motifs is 2. The molecule has 7 nitrogen and oxygen atoms in total. The van der Waals surface area contributed by atoms with Gasteiger partial charge in [0.1, 0.15) is 12.1 Å². The van der Waals surface area contributed by atoms with Crippen LogP contribution in [0.25, 0.3) is 10.9 Å². The zero-order chi connectivity index (χ0) is 17.4. The predicted molar refractivity (Wildman–Crippen MR) is 91.5 cm³/mol. The second kappa shape index (κ2) is 6.42. The maximum atomic E-state index is 12.3. The minimum Gasteiger partial charge on any atom is -0.394 e. The molecule has 25 heavy (non-hydrogen) atoms. The number of aliphatic hydroxyl groups excluding tert-OH is 1.